The molecule has 208 valence electrons. The maximum Gasteiger partial charge on any atom is 0.301 e. The van der Waals surface area contributed by atoms with E-state index < -0.39 is 17.7 Å². The molecule has 0 bridgehead atoms. The summed E-state index contributed by atoms with van der Waals surface area (Å²) in [5.74, 6) is 0.285. The van der Waals surface area contributed by atoms with Crippen molar-refractivity contribution in [1.29, 1.82) is 0 Å². The van der Waals surface area contributed by atoms with Crippen LogP contribution < -0.4 is 14.4 Å². The molecule has 0 spiro atoms. The fraction of sp³-hybridized carbons (Fsp3) is 0.226. The number of thioether (sulfide) groups is 1. The molecule has 1 aromatic heterocycles. The van der Waals surface area contributed by atoms with Crippen LogP contribution in [0.4, 0.5) is 5.13 Å². The predicted molar refractivity (Wildman–Crippen MR) is 159 cm³/mol. The van der Waals surface area contributed by atoms with Gasteiger partial charge in [-0.15, -0.1) is 10.2 Å². The standard InChI is InChI=1S/C31H27N3O5S2/c1-17-4-6-19(7-5-17)16-40-31-33-32-30(41-31)34-26(20-8-11-23(38-3)12-9-20)25(28(36)29(34)37)27(35)21-10-13-24-22(15-21)14-18(2)39-24/h4-13,15,18,26,35H,14,16H2,1-3H3/b27-25+/t18-,26-/m0/s1. The summed E-state index contributed by atoms with van der Waals surface area (Å²) >= 11 is 2.75. The Bertz CT molecular complexity index is 1660. The van der Waals surface area contributed by atoms with Gasteiger partial charge in [-0.1, -0.05) is 65.1 Å². The number of aliphatic hydroxyl groups is 1. The molecule has 2 aliphatic heterocycles. The van der Waals surface area contributed by atoms with Crippen molar-refractivity contribution in [1.82, 2.24) is 10.2 Å². The number of rotatable bonds is 7. The van der Waals surface area contributed by atoms with E-state index in [1.165, 1.54) is 33.6 Å². The number of anilines is 1. The summed E-state index contributed by atoms with van der Waals surface area (Å²) in [6.45, 7) is 4.02. The van der Waals surface area contributed by atoms with Crippen molar-refractivity contribution < 1.29 is 24.2 Å². The predicted octanol–water partition coefficient (Wildman–Crippen LogP) is 6.10. The number of benzene rings is 3. The molecule has 8 nitrogen and oxygen atoms in total. The largest absolute Gasteiger partial charge is 0.507 e. The van der Waals surface area contributed by atoms with Gasteiger partial charge in [-0.3, -0.25) is 14.5 Å². The molecule has 0 unspecified atom stereocenters. The third-order valence-corrected chi connectivity index (χ3v) is 9.26. The molecule has 41 heavy (non-hydrogen) atoms. The molecule has 3 aromatic carbocycles. The normalized spacial score (nSPS) is 19.3. The van der Waals surface area contributed by atoms with Gasteiger partial charge in [-0.05, 0) is 60.9 Å². The van der Waals surface area contributed by atoms with Crippen molar-refractivity contribution >= 4 is 45.7 Å². The van der Waals surface area contributed by atoms with E-state index in [9.17, 15) is 14.7 Å². The van der Waals surface area contributed by atoms with Crippen LogP contribution in [0.25, 0.3) is 5.76 Å². The second-order valence-corrected chi connectivity index (χ2v) is 12.2. The van der Waals surface area contributed by atoms with Gasteiger partial charge in [0, 0.05) is 17.7 Å². The zero-order chi connectivity index (χ0) is 28.7. The number of carbonyl (C=O) groups is 2. The molecule has 0 aliphatic carbocycles. The highest BCUT2D eigenvalue weighted by atomic mass is 32.2. The van der Waals surface area contributed by atoms with E-state index in [1.54, 1.807) is 43.5 Å². The average Bonchev–Trinajstić information content (AvgIpc) is 3.67. The number of aliphatic hydroxyl groups excluding tert-OH is 1. The number of methoxy groups -OCH3 is 1. The first kappa shape index (κ1) is 27.0. The van der Waals surface area contributed by atoms with Gasteiger partial charge < -0.3 is 14.6 Å². The van der Waals surface area contributed by atoms with Crippen LogP contribution in [0.15, 0.2) is 76.6 Å². The molecule has 1 saturated heterocycles. The van der Waals surface area contributed by atoms with Crippen molar-refractivity contribution in [3.05, 3.63) is 100 Å². The minimum absolute atomic E-state index is 0.00357. The van der Waals surface area contributed by atoms with Crippen LogP contribution in [-0.2, 0) is 21.8 Å². The van der Waals surface area contributed by atoms with Gasteiger partial charge in [0.1, 0.15) is 23.4 Å². The van der Waals surface area contributed by atoms with Crippen molar-refractivity contribution in [3.63, 3.8) is 0 Å². The molecule has 6 rings (SSSR count). The van der Waals surface area contributed by atoms with Crippen molar-refractivity contribution in [3.8, 4) is 11.5 Å². The first-order valence-electron chi connectivity index (χ1n) is 13.1. The minimum atomic E-state index is -0.896. The molecule has 2 aliphatic rings. The Hall–Kier alpha value is -4.15. The second kappa shape index (κ2) is 11.0. The first-order valence-corrected chi connectivity index (χ1v) is 14.9. The summed E-state index contributed by atoms with van der Waals surface area (Å²) < 4.78 is 11.8. The van der Waals surface area contributed by atoms with Crippen molar-refractivity contribution in [2.24, 2.45) is 0 Å². The highest BCUT2D eigenvalue weighted by Gasteiger charge is 2.48. The van der Waals surface area contributed by atoms with Gasteiger partial charge in [0.25, 0.3) is 5.78 Å². The van der Waals surface area contributed by atoms with E-state index >= 15 is 0 Å². The second-order valence-electron chi connectivity index (χ2n) is 10.0. The average molecular weight is 586 g/mol. The maximum atomic E-state index is 13.5. The fourth-order valence-corrected chi connectivity index (χ4v) is 6.87. The number of hydrogen-bond donors (Lipinski definition) is 1. The summed E-state index contributed by atoms with van der Waals surface area (Å²) in [5.41, 5.74) is 4.35. The van der Waals surface area contributed by atoms with Crippen LogP contribution in [0.3, 0.4) is 0 Å². The van der Waals surface area contributed by atoms with Crippen LogP contribution >= 0.6 is 23.1 Å². The molecule has 4 aromatic rings. The molecule has 1 N–H and O–H groups in total. The summed E-state index contributed by atoms with van der Waals surface area (Å²) in [7, 11) is 1.57. The maximum absolute atomic E-state index is 13.5. The van der Waals surface area contributed by atoms with Gasteiger partial charge in [-0.2, -0.15) is 0 Å². The van der Waals surface area contributed by atoms with E-state index in [1.807, 2.05) is 19.9 Å². The summed E-state index contributed by atoms with van der Waals surface area (Å²) in [4.78, 5) is 28.4. The Morgan fingerprint density at radius 2 is 1.85 bits per heavy atom. The zero-order valence-electron chi connectivity index (χ0n) is 22.7. The molecule has 2 atom stereocenters. The Balaban J connectivity index is 1.38. The lowest BCUT2D eigenvalue weighted by atomic mass is 9.94. The highest BCUT2D eigenvalue weighted by Crippen LogP contribution is 2.45. The monoisotopic (exact) mass is 585 g/mol. The van der Waals surface area contributed by atoms with E-state index in [-0.39, 0.29) is 22.6 Å². The smallest absolute Gasteiger partial charge is 0.301 e. The van der Waals surface area contributed by atoms with Gasteiger partial charge in [0.2, 0.25) is 5.13 Å². The van der Waals surface area contributed by atoms with Crippen molar-refractivity contribution in [2.75, 3.05) is 12.0 Å². The Morgan fingerprint density at radius 1 is 1.10 bits per heavy atom. The summed E-state index contributed by atoms with van der Waals surface area (Å²) in [6.07, 6.45) is 0.725. The number of ether oxygens (including phenoxy) is 2. The number of hydrogen-bond acceptors (Lipinski definition) is 9. The van der Waals surface area contributed by atoms with Gasteiger partial charge in [0.15, 0.2) is 4.34 Å². The number of carbonyl (C=O) groups excluding carboxylic acids is 2. The molecule has 1 fully saturated rings. The van der Waals surface area contributed by atoms with E-state index in [4.69, 9.17) is 9.47 Å². The van der Waals surface area contributed by atoms with Gasteiger partial charge in [0.05, 0.1) is 18.7 Å². The van der Waals surface area contributed by atoms with Crippen LogP contribution in [0, 0.1) is 6.92 Å². The number of ketones is 1. The molecule has 0 saturated carbocycles. The van der Waals surface area contributed by atoms with Crippen LogP contribution in [0.2, 0.25) is 0 Å². The molecule has 10 heteroatoms. The minimum Gasteiger partial charge on any atom is -0.507 e. The van der Waals surface area contributed by atoms with Crippen molar-refractivity contribution in [2.45, 2.75) is 42.5 Å². The molecule has 1 amide bonds. The topological polar surface area (TPSA) is 102 Å². The molecular formula is C31H27N3O5S2. The number of aryl methyl sites for hydroxylation is 1. The Morgan fingerprint density at radius 3 is 2.59 bits per heavy atom. The quantitative estimate of drug-likeness (QED) is 0.0913. The number of fused-ring (bicyclic) bond motifs is 1. The van der Waals surface area contributed by atoms with Crippen LogP contribution in [0.1, 0.15) is 40.8 Å². The van der Waals surface area contributed by atoms with E-state index in [0.29, 0.717) is 33.4 Å². The Labute approximate surface area is 245 Å². The Kier molecular flexibility index (Phi) is 7.27. The van der Waals surface area contributed by atoms with Gasteiger partial charge in [-0.25, -0.2) is 0 Å². The van der Waals surface area contributed by atoms with E-state index in [0.717, 1.165) is 16.9 Å². The number of nitrogens with zero attached hydrogens (tertiary/aromatic N) is 3. The number of aromatic nitrogens is 2. The number of Topliss-reactive ketones (excluding diaryl/α,β-unsaturated/α-hetero) is 1. The highest BCUT2D eigenvalue weighted by molar-refractivity contribution is 8.00. The lowest BCUT2D eigenvalue weighted by Gasteiger charge is -2.22. The number of amides is 1. The third-order valence-electron chi connectivity index (χ3n) is 7.13. The lowest BCUT2D eigenvalue weighted by Crippen LogP contribution is -2.29. The van der Waals surface area contributed by atoms with Crippen LogP contribution in [-0.4, -0.2) is 40.2 Å². The molecular weight excluding hydrogens is 558 g/mol. The van der Waals surface area contributed by atoms with Crippen LogP contribution in [0.5, 0.6) is 11.5 Å². The molecule has 3 heterocycles. The lowest BCUT2D eigenvalue weighted by molar-refractivity contribution is -0.132. The SMILES string of the molecule is COc1ccc([C@H]2/C(=C(\O)c3ccc4c(c3)C[C@H](C)O4)C(=O)C(=O)N2c2nnc(SCc3ccc(C)cc3)s2)cc1. The zero-order valence-corrected chi connectivity index (χ0v) is 24.3. The van der Waals surface area contributed by atoms with E-state index in [2.05, 4.69) is 34.5 Å². The molecule has 0 radical (unpaired) electrons. The summed E-state index contributed by atoms with van der Waals surface area (Å²) in [5, 5.41) is 20.4. The first-order chi connectivity index (χ1) is 19.8. The summed E-state index contributed by atoms with van der Waals surface area (Å²) in [6, 6.07) is 19.7. The third kappa shape index (κ3) is 5.20. The fourth-order valence-electron chi connectivity index (χ4n) is 5.04. The van der Waals surface area contributed by atoms with Gasteiger partial charge >= 0.3 is 5.91 Å².